The molecule has 1 N–H and O–H groups in total. The molecule has 0 aromatic heterocycles. The van der Waals surface area contributed by atoms with Gasteiger partial charge in [0.2, 0.25) is 0 Å². The van der Waals surface area contributed by atoms with Crippen LogP contribution < -0.4 is 0 Å². The summed E-state index contributed by atoms with van der Waals surface area (Å²) in [7, 11) is 0. The Balaban J connectivity index is 0. The number of hydrogen-bond donors (Lipinski definition) is 1. The summed E-state index contributed by atoms with van der Waals surface area (Å²) in [6.45, 7) is 2.02. The summed E-state index contributed by atoms with van der Waals surface area (Å²) in [5.74, 6) is 0.858. The van der Waals surface area contributed by atoms with Gasteiger partial charge in [0, 0.05) is 50.5 Å². The van der Waals surface area contributed by atoms with Gasteiger partial charge >= 0.3 is 0 Å². The predicted molar refractivity (Wildman–Crippen MR) is 26.5 cm³/mol. The largest absolute Gasteiger partial charge is 0.239 e. The van der Waals surface area contributed by atoms with E-state index in [2.05, 4.69) is 4.33 Å². The van der Waals surface area contributed by atoms with Crippen LogP contribution in [-0.2, 0) is 37.0 Å². The fraction of sp³-hybridized carbons (Fsp3) is 1.00. The second kappa shape index (κ2) is 10.4. The summed E-state index contributed by atoms with van der Waals surface area (Å²) >= 11 is 1.06. The molecule has 0 atom stereocenters. The van der Waals surface area contributed by atoms with Gasteiger partial charge in [-0.25, -0.2) is 5.26 Å². The van der Waals surface area contributed by atoms with Crippen molar-refractivity contribution in [3.63, 3.8) is 0 Å². The first-order valence-electron chi connectivity index (χ1n) is 1.85. The van der Waals surface area contributed by atoms with Crippen molar-refractivity contribution < 1.29 is 42.3 Å². The van der Waals surface area contributed by atoms with Crippen LogP contribution in [0, 0.1) is 0 Å². The van der Waals surface area contributed by atoms with E-state index in [9.17, 15) is 0 Å². The second-order valence-electron chi connectivity index (χ2n) is 0.897. The minimum Gasteiger partial charge on any atom is -0.239 e. The van der Waals surface area contributed by atoms with E-state index in [-0.39, 0.29) is 32.7 Å². The monoisotopic (exact) mass is 197 g/mol. The maximum Gasteiger partial charge on any atom is 0.0311 e. The first kappa shape index (κ1) is 11.2. The van der Waals surface area contributed by atoms with Gasteiger partial charge in [0.05, 0.1) is 0 Å². The molecule has 7 heavy (non-hydrogen) atoms. The third-order valence-electron chi connectivity index (χ3n) is 0.340. The van der Waals surface area contributed by atoms with E-state index < -0.39 is 0 Å². The van der Waals surface area contributed by atoms with E-state index in [1.807, 2.05) is 6.92 Å². The van der Waals surface area contributed by atoms with Crippen molar-refractivity contribution in [1.29, 1.82) is 0 Å². The molecule has 0 aromatic carbocycles. The fourth-order valence-corrected chi connectivity index (χ4v) is 0.362. The Morgan fingerprint density at radius 1 is 1.71 bits per heavy atom. The molecule has 0 rings (SSSR count). The van der Waals surface area contributed by atoms with Crippen LogP contribution in [0.5, 0.6) is 0 Å². The molecule has 0 spiro atoms. The summed E-state index contributed by atoms with van der Waals surface area (Å²) in [6.07, 6.45) is 1.03. The average Bonchev–Trinajstić information content (AvgIpc) is 1.61. The zero-order valence-electron chi connectivity index (χ0n) is 4.26. The van der Waals surface area contributed by atoms with Gasteiger partial charge in [0.1, 0.15) is 0 Å². The summed E-state index contributed by atoms with van der Waals surface area (Å²) in [6, 6.07) is 0. The maximum absolute atomic E-state index is 7.66. The minimum atomic E-state index is 0. The normalized spacial score (nSPS) is 7.71. The molecule has 0 fully saturated rings. The Bertz CT molecular complexity index is 24.9. The molecular weight excluding hydrogens is 189 g/mol. The van der Waals surface area contributed by atoms with Crippen molar-refractivity contribution >= 4 is 12.0 Å². The smallest absolute Gasteiger partial charge is 0.0311 e. The van der Waals surface area contributed by atoms with Crippen LogP contribution in [-0.4, -0.2) is 11.0 Å². The third kappa shape index (κ3) is 11.1. The summed E-state index contributed by atoms with van der Waals surface area (Å²) < 4.78 is 3.70. The van der Waals surface area contributed by atoms with Crippen LogP contribution >= 0.6 is 12.0 Å². The van der Waals surface area contributed by atoms with E-state index in [4.69, 9.17) is 5.26 Å². The van der Waals surface area contributed by atoms with Gasteiger partial charge in [0.15, 0.2) is 0 Å². The van der Waals surface area contributed by atoms with Gasteiger partial charge < -0.3 is 0 Å². The predicted octanol–water partition coefficient (Wildman–Crippen LogP) is 1.53. The molecule has 0 unspecified atom stereocenters. The molecule has 0 saturated carbocycles. The Labute approximate surface area is 73.0 Å². The maximum atomic E-state index is 7.66. The van der Waals surface area contributed by atoms with Crippen molar-refractivity contribution in [3.05, 3.63) is 0 Å². The molecule has 0 amide bonds. The Kier molecular flexibility index (Phi) is 16.6. The molecule has 0 heterocycles. The van der Waals surface area contributed by atoms with Crippen LogP contribution in [0.3, 0.4) is 0 Å². The number of hydrogen-bond acceptors (Lipinski definition) is 3. The van der Waals surface area contributed by atoms with Crippen LogP contribution in [0.1, 0.15) is 13.3 Å². The van der Waals surface area contributed by atoms with Crippen LogP contribution in [0.15, 0.2) is 0 Å². The average molecular weight is 197 g/mol. The molecule has 0 aliphatic heterocycles. The van der Waals surface area contributed by atoms with Crippen molar-refractivity contribution in [3.8, 4) is 0 Å². The van der Waals surface area contributed by atoms with Crippen molar-refractivity contribution in [2.75, 3.05) is 5.75 Å². The van der Waals surface area contributed by atoms with E-state index >= 15 is 0 Å². The molecule has 4 heteroatoms. The Morgan fingerprint density at radius 2 is 2.29 bits per heavy atom. The van der Waals surface area contributed by atoms with Crippen LogP contribution in [0.25, 0.3) is 0 Å². The minimum absolute atomic E-state index is 0. The van der Waals surface area contributed by atoms with Crippen molar-refractivity contribution in [1.82, 2.24) is 0 Å². The summed E-state index contributed by atoms with van der Waals surface area (Å²) in [5.41, 5.74) is 0. The molecule has 1 radical (unpaired) electrons. The zero-order valence-corrected chi connectivity index (χ0v) is 7.91. The van der Waals surface area contributed by atoms with Gasteiger partial charge in [-0.15, -0.1) is 0 Å². The molecule has 0 aliphatic rings. The van der Waals surface area contributed by atoms with Gasteiger partial charge in [-0.2, -0.15) is 4.33 Å². The van der Waals surface area contributed by atoms with E-state index in [0.717, 1.165) is 24.2 Å². The molecule has 0 saturated heterocycles. The van der Waals surface area contributed by atoms with Gasteiger partial charge in [0.25, 0.3) is 0 Å². The zero-order chi connectivity index (χ0) is 4.83. The molecular formula is C3H8O2SY. The SMILES string of the molecule is CCCSOO.[Y]. The molecule has 0 bridgehead atoms. The Hall–Kier alpha value is 1.37. The summed E-state index contributed by atoms with van der Waals surface area (Å²) in [4.78, 5) is 0. The van der Waals surface area contributed by atoms with Crippen LogP contribution in [0.4, 0.5) is 0 Å². The quantitative estimate of drug-likeness (QED) is 0.322. The molecule has 41 valence electrons. The van der Waals surface area contributed by atoms with Gasteiger partial charge in [-0.3, -0.25) is 0 Å². The van der Waals surface area contributed by atoms with Crippen LogP contribution in [0.2, 0.25) is 0 Å². The van der Waals surface area contributed by atoms with E-state index in [1.54, 1.807) is 0 Å². The Morgan fingerprint density at radius 3 is 2.43 bits per heavy atom. The molecule has 2 nitrogen and oxygen atoms in total. The van der Waals surface area contributed by atoms with Gasteiger partial charge in [-0.1, -0.05) is 6.92 Å². The fourth-order valence-electron chi connectivity index (χ4n) is 0.121. The summed E-state index contributed by atoms with van der Waals surface area (Å²) in [5, 5.41) is 7.66. The first-order valence-corrected chi connectivity index (χ1v) is 2.76. The topological polar surface area (TPSA) is 29.5 Å². The molecule has 0 aliphatic carbocycles. The third-order valence-corrected chi connectivity index (χ3v) is 1.02. The van der Waals surface area contributed by atoms with E-state index in [1.165, 1.54) is 0 Å². The number of rotatable bonds is 3. The van der Waals surface area contributed by atoms with Crippen molar-refractivity contribution in [2.45, 2.75) is 13.3 Å². The van der Waals surface area contributed by atoms with Gasteiger partial charge in [-0.05, 0) is 6.42 Å². The standard InChI is InChI=1S/C3H8O2S.Y/c1-2-3-6-5-4;/h4H,2-3H2,1H3;. The first-order chi connectivity index (χ1) is 2.91. The second-order valence-corrected chi connectivity index (χ2v) is 1.69. The van der Waals surface area contributed by atoms with Crippen molar-refractivity contribution in [2.24, 2.45) is 0 Å². The molecule has 0 aromatic rings. The van der Waals surface area contributed by atoms with E-state index in [0.29, 0.717) is 0 Å².